The smallest absolute Gasteiger partial charge is 0.342 e. The highest BCUT2D eigenvalue weighted by Crippen LogP contribution is 2.27. The predicted molar refractivity (Wildman–Crippen MR) is 131 cm³/mol. The van der Waals surface area contributed by atoms with Crippen LogP contribution in [-0.4, -0.2) is 11.1 Å². The van der Waals surface area contributed by atoms with E-state index in [-0.39, 0.29) is 9.13 Å². The second-order valence-electron chi connectivity index (χ2n) is 8.35. The van der Waals surface area contributed by atoms with Crippen LogP contribution in [0.25, 0.3) is 0 Å². The molecule has 30 heavy (non-hydrogen) atoms. The lowest BCUT2D eigenvalue weighted by atomic mass is 10.0. The van der Waals surface area contributed by atoms with Crippen molar-refractivity contribution in [2.24, 2.45) is 0 Å². The number of carboxylic acids is 1. The van der Waals surface area contributed by atoms with Crippen LogP contribution >= 0.6 is 19.8 Å². The summed E-state index contributed by atoms with van der Waals surface area (Å²) in [6.45, 7) is 2.26. The summed E-state index contributed by atoms with van der Waals surface area (Å²) in [6, 6.07) is 4.79. The lowest BCUT2D eigenvalue weighted by Gasteiger charge is -2.07. The highest BCUT2D eigenvalue weighted by molar-refractivity contribution is 14.2. The molecule has 0 heterocycles. The Hall–Kier alpha value is -0.980. The molecule has 1 aromatic rings. The first kappa shape index (κ1) is 27.1. The van der Waals surface area contributed by atoms with Crippen molar-refractivity contribution in [3.05, 3.63) is 32.9 Å². The number of aromatic carboxylic acids is 1. The van der Waals surface area contributed by atoms with Crippen molar-refractivity contribution in [3.8, 4) is 0 Å². The molecule has 0 bridgehead atoms. The number of hydrogen-bond donors (Lipinski definition) is 1. The molecule has 1 rings (SSSR count). The molecule has 0 fully saturated rings. The van der Waals surface area contributed by atoms with E-state index in [1.165, 1.54) is 96.0 Å². The fraction of sp³-hybridized carbons (Fsp3) is 0.720. The van der Waals surface area contributed by atoms with E-state index in [4.69, 9.17) is 0 Å². The van der Waals surface area contributed by atoms with Crippen LogP contribution in [0.4, 0.5) is 0 Å². The molecule has 0 aromatic heterocycles. The molecule has 4 nitrogen and oxygen atoms in total. The molecule has 0 unspecified atom stereocenters. The summed E-state index contributed by atoms with van der Waals surface area (Å²) in [5, 5.41) is 9.20. The molecule has 0 radical (unpaired) electrons. The summed E-state index contributed by atoms with van der Waals surface area (Å²) in [5.74, 6) is -1.16. The third-order valence-electron chi connectivity index (χ3n) is 5.76. The van der Waals surface area contributed by atoms with Gasteiger partial charge in [-0.3, -0.25) is 0 Å². The Morgan fingerprint density at radius 3 is 1.57 bits per heavy atom. The van der Waals surface area contributed by atoms with Crippen molar-refractivity contribution in [1.82, 2.24) is 0 Å². The third-order valence-corrected chi connectivity index (χ3v) is 7.92. The van der Waals surface area contributed by atoms with E-state index in [0.717, 1.165) is 12.8 Å². The first-order valence-corrected chi connectivity index (χ1v) is 14.8. The third kappa shape index (κ3) is 12.0. The minimum absolute atomic E-state index is 0.0702. The number of aryl methyl sites for hydroxylation is 1. The van der Waals surface area contributed by atoms with Gasteiger partial charge in [0.2, 0.25) is 0 Å². The minimum atomic E-state index is -3.82. The Morgan fingerprint density at radius 2 is 1.17 bits per heavy atom. The topological polar surface area (TPSA) is 71.4 Å². The molecular weight excluding hydrogens is 491 g/mol. The SMILES string of the molecule is CCCCCCCCCCCCCCCCCCc1cccc(C(=O)O)c1I(=O)=O. The van der Waals surface area contributed by atoms with Crippen LogP contribution in [0.3, 0.4) is 0 Å². The number of rotatable bonds is 19. The Labute approximate surface area is 190 Å². The molecule has 0 saturated heterocycles. The maximum atomic E-state index is 11.6. The quantitative estimate of drug-likeness (QED) is 0.143. The fourth-order valence-corrected chi connectivity index (χ4v) is 5.88. The van der Waals surface area contributed by atoms with E-state index < -0.39 is 25.8 Å². The first-order chi connectivity index (χ1) is 14.6. The van der Waals surface area contributed by atoms with Crippen LogP contribution < -0.4 is 0 Å². The van der Waals surface area contributed by atoms with Crippen LogP contribution in [0.2, 0.25) is 0 Å². The summed E-state index contributed by atoms with van der Waals surface area (Å²) >= 11 is -3.82. The van der Waals surface area contributed by atoms with E-state index in [2.05, 4.69) is 6.92 Å². The van der Waals surface area contributed by atoms with E-state index in [1.807, 2.05) is 0 Å². The van der Waals surface area contributed by atoms with Gasteiger partial charge in [-0.25, -0.2) is 10.9 Å². The van der Waals surface area contributed by atoms with Gasteiger partial charge in [0.15, 0.2) is 0 Å². The van der Waals surface area contributed by atoms with E-state index in [1.54, 1.807) is 12.1 Å². The molecular formula is C25H41IO4. The predicted octanol–water partition coefficient (Wildman–Crippen LogP) is 8.56. The van der Waals surface area contributed by atoms with Gasteiger partial charge in [-0.05, 0) is 24.5 Å². The van der Waals surface area contributed by atoms with Crippen molar-refractivity contribution in [3.63, 3.8) is 0 Å². The van der Waals surface area contributed by atoms with Gasteiger partial charge in [-0.1, -0.05) is 115 Å². The molecule has 5 heteroatoms. The molecule has 172 valence electrons. The summed E-state index contributed by atoms with van der Waals surface area (Å²) in [4.78, 5) is 11.2. The lowest BCUT2D eigenvalue weighted by molar-refractivity contribution is 0.0695. The summed E-state index contributed by atoms with van der Waals surface area (Å²) in [5.41, 5.74) is 0.606. The second-order valence-corrected chi connectivity index (χ2v) is 10.7. The molecule has 0 aliphatic carbocycles. The zero-order chi connectivity index (χ0) is 22.0. The summed E-state index contributed by atoms with van der Waals surface area (Å²) in [6.07, 6.45) is 21.5. The van der Waals surface area contributed by atoms with Crippen LogP contribution in [-0.2, 0) is 12.6 Å². The monoisotopic (exact) mass is 532 g/mol. The number of carboxylic acid groups (broad SMARTS) is 1. The molecule has 1 aromatic carbocycles. The van der Waals surface area contributed by atoms with Gasteiger partial charge in [0.1, 0.15) is 0 Å². The largest absolute Gasteiger partial charge is 0.478 e. The lowest BCUT2D eigenvalue weighted by Crippen LogP contribution is -2.03. The molecule has 0 amide bonds. The summed E-state index contributed by atoms with van der Waals surface area (Å²) in [7, 11) is 0. The maximum Gasteiger partial charge on any atom is 0.342 e. The standard InChI is InChI=1S/C25H41IO4/c1-2-3-4-5-6-7-8-9-10-11-12-13-14-15-16-17-19-22-20-18-21-23(25(27)28)24(22)26(29)30/h18,20-21H,2-17,19H2,1H3,(H,27,28). The molecule has 0 aliphatic rings. The normalized spacial score (nSPS) is 11.3. The van der Waals surface area contributed by atoms with Crippen LogP contribution in [0, 0.1) is 3.57 Å². The van der Waals surface area contributed by atoms with Crippen molar-refractivity contribution in [2.45, 2.75) is 116 Å². The zero-order valence-electron chi connectivity index (χ0n) is 18.8. The van der Waals surface area contributed by atoms with E-state index >= 15 is 0 Å². The highest BCUT2D eigenvalue weighted by atomic mass is 127. The van der Waals surface area contributed by atoms with Gasteiger partial charge in [-0.15, -0.1) is 0 Å². The molecule has 0 spiro atoms. The zero-order valence-corrected chi connectivity index (χ0v) is 21.0. The van der Waals surface area contributed by atoms with Gasteiger partial charge < -0.3 is 5.11 Å². The van der Waals surface area contributed by atoms with Crippen molar-refractivity contribution in [2.75, 3.05) is 0 Å². The summed E-state index contributed by atoms with van der Waals surface area (Å²) < 4.78 is 23.2. The fourth-order valence-electron chi connectivity index (χ4n) is 3.98. The molecule has 0 aliphatic heterocycles. The number of benzene rings is 1. The van der Waals surface area contributed by atoms with Gasteiger partial charge in [0, 0.05) is 0 Å². The average Bonchev–Trinajstić information content (AvgIpc) is 2.73. The molecule has 0 atom stereocenters. The Kier molecular flexibility index (Phi) is 15.9. The number of halogens is 1. The Morgan fingerprint density at radius 1 is 0.733 bits per heavy atom. The number of hydrogen-bond acceptors (Lipinski definition) is 3. The second kappa shape index (κ2) is 17.7. The van der Waals surface area contributed by atoms with Crippen molar-refractivity contribution >= 4 is 25.8 Å². The molecule has 1 N–H and O–H groups in total. The van der Waals surface area contributed by atoms with Crippen molar-refractivity contribution in [1.29, 1.82) is 0 Å². The van der Waals surface area contributed by atoms with Gasteiger partial charge in [-0.2, -0.15) is 0 Å². The van der Waals surface area contributed by atoms with Crippen LogP contribution in [0.5, 0.6) is 0 Å². The van der Waals surface area contributed by atoms with Gasteiger partial charge in [0.05, 0.1) is 9.13 Å². The average molecular weight is 533 g/mol. The number of carbonyl (C=O) groups is 1. The number of unbranched alkanes of at least 4 members (excludes halogenated alkanes) is 15. The first-order valence-electron chi connectivity index (χ1n) is 12.0. The van der Waals surface area contributed by atoms with Crippen LogP contribution in [0.15, 0.2) is 18.2 Å². The van der Waals surface area contributed by atoms with Gasteiger partial charge in [0.25, 0.3) is 0 Å². The molecule has 0 saturated carbocycles. The van der Waals surface area contributed by atoms with Gasteiger partial charge >= 0.3 is 25.8 Å². The maximum absolute atomic E-state index is 11.6. The Balaban J connectivity index is 2.03. The van der Waals surface area contributed by atoms with Crippen LogP contribution in [0.1, 0.15) is 126 Å². The Bertz CT molecular complexity index is 659. The minimum Gasteiger partial charge on any atom is -0.478 e. The van der Waals surface area contributed by atoms with Crippen molar-refractivity contribution < 1.29 is 16.0 Å². The van der Waals surface area contributed by atoms with E-state index in [9.17, 15) is 16.0 Å². The van der Waals surface area contributed by atoms with E-state index in [0.29, 0.717) is 12.0 Å². The highest BCUT2D eigenvalue weighted by Gasteiger charge is 2.17.